The van der Waals surface area contributed by atoms with E-state index in [1.165, 1.54) is 22.3 Å². The molecule has 6 nitrogen and oxygen atoms in total. The van der Waals surface area contributed by atoms with Gasteiger partial charge in [0.25, 0.3) is 0 Å². The Balaban J connectivity index is 1.57. The number of amides is 1. The summed E-state index contributed by atoms with van der Waals surface area (Å²) in [5, 5.41) is 0.643. The standard InChI is InChI=1S/C20H25N3O3S2/c1-2-22(15-17-8-4-3-5-9-17)20(24)16-27-19-11-10-18(14-21-19)28(25,26)23-12-6-7-13-23/h3-5,8-11,14H,2,6-7,12-13,15-16H2,1H3. The molecule has 0 saturated carbocycles. The lowest BCUT2D eigenvalue weighted by molar-refractivity contribution is -0.128. The molecule has 0 spiro atoms. The minimum atomic E-state index is -3.45. The highest BCUT2D eigenvalue weighted by Gasteiger charge is 2.27. The van der Waals surface area contributed by atoms with Crippen LogP contribution in [0, 0.1) is 0 Å². The molecule has 1 fully saturated rings. The SMILES string of the molecule is CCN(Cc1ccccc1)C(=O)CSc1ccc(S(=O)(=O)N2CCCC2)cn1. The van der Waals surface area contributed by atoms with E-state index >= 15 is 0 Å². The first-order valence-electron chi connectivity index (χ1n) is 9.41. The number of hydrogen-bond donors (Lipinski definition) is 0. The molecule has 1 aliphatic rings. The Morgan fingerprint density at radius 3 is 2.46 bits per heavy atom. The number of carbonyl (C=O) groups is 1. The molecular weight excluding hydrogens is 394 g/mol. The summed E-state index contributed by atoms with van der Waals surface area (Å²) >= 11 is 1.32. The minimum Gasteiger partial charge on any atom is -0.338 e. The van der Waals surface area contributed by atoms with E-state index in [9.17, 15) is 13.2 Å². The molecule has 0 bridgehead atoms. The van der Waals surface area contributed by atoms with Gasteiger partial charge in [0, 0.05) is 32.4 Å². The topological polar surface area (TPSA) is 70.6 Å². The van der Waals surface area contributed by atoms with E-state index in [4.69, 9.17) is 0 Å². The molecular formula is C20H25N3O3S2. The molecule has 1 saturated heterocycles. The van der Waals surface area contributed by atoms with Gasteiger partial charge in [-0.2, -0.15) is 4.31 Å². The highest BCUT2D eigenvalue weighted by Crippen LogP contribution is 2.23. The number of benzene rings is 1. The Hall–Kier alpha value is -1.90. The van der Waals surface area contributed by atoms with Crippen molar-refractivity contribution in [1.29, 1.82) is 0 Å². The first-order valence-corrected chi connectivity index (χ1v) is 11.8. The smallest absolute Gasteiger partial charge is 0.244 e. The summed E-state index contributed by atoms with van der Waals surface area (Å²) < 4.78 is 26.6. The molecule has 0 radical (unpaired) electrons. The summed E-state index contributed by atoms with van der Waals surface area (Å²) in [6, 6.07) is 13.1. The Morgan fingerprint density at radius 2 is 1.86 bits per heavy atom. The maximum Gasteiger partial charge on any atom is 0.244 e. The maximum atomic E-state index is 12.5. The van der Waals surface area contributed by atoms with E-state index in [1.54, 1.807) is 17.0 Å². The molecule has 0 aliphatic carbocycles. The van der Waals surface area contributed by atoms with Crippen molar-refractivity contribution in [2.24, 2.45) is 0 Å². The third-order valence-corrected chi connectivity index (χ3v) is 7.52. The first-order chi connectivity index (χ1) is 13.5. The lowest BCUT2D eigenvalue weighted by Gasteiger charge is -2.20. The molecule has 0 N–H and O–H groups in total. The Kier molecular flexibility index (Phi) is 7.09. The zero-order chi connectivity index (χ0) is 20.0. The molecule has 1 aromatic carbocycles. The van der Waals surface area contributed by atoms with E-state index in [0.717, 1.165) is 18.4 Å². The number of nitrogens with zero attached hydrogens (tertiary/aromatic N) is 3. The Morgan fingerprint density at radius 1 is 1.14 bits per heavy atom. The van der Waals surface area contributed by atoms with Crippen LogP contribution in [0.2, 0.25) is 0 Å². The third-order valence-electron chi connectivity index (χ3n) is 4.71. The Labute approximate surface area is 171 Å². The van der Waals surface area contributed by atoms with Gasteiger partial charge in [-0.25, -0.2) is 13.4 Å². The number of hydrogen-bond acceptors (Lipinski definition) is 5. The van der Waals surface area contributed by atoms with Crippen LogP contribution in [0.15, 0.2) is 58.6 Å². The van der Waals surface area contributed by atoms with Crippen LogP contribution in [-0.4, -0.2) is 53.9 Å². The van der Waals surface area contributed by atoms with Crippen LogP contribution < -0.4 is 0 Å². The molecule has 1 aromatic heterocycles. The summed E-state index contributed by atoms with van der Waals surface area (Å²) in [5.74, 6) is 0.304. The van der Waals surface area contributed by atoms with Crippen molar-refractivity contribution in [3.8, 4) is 0 Å². The number of sulfonamides is 1. The number of carbonyl (C=O) groups excluding carboxylic acids is 1. The van der Waals surface area contributed by atoms with Crippen molar-refractivity contribution in [2.75, 3.05) is 25.4 Å². The van der Waals surface area contributed by atoms with Gasteiger partial charge in [-0.3, -0.25) is 4.79 Å². The summed E-state index contributed by atoms with van der Waals surface area (Å²) in [6.45, 7) is 4.32. The fraction of sp³-hybridized carbons (Fsp3) is 0.400. The number of rotatable bonds is 8. The molecule has 28 heavy (non-hydrogen) atoms. The molecule has 3 rings (SSSR count). The van der Waals surface area contributed by atoms with Crippen molar-refractivity contribution >= 4 is 27.7 Å². The van der Waals surface area contributed by atoms with Crippen LogP contribution in [0.3, 0.4) is 0 Å². The van der Waals surface area contributed by atoms with E-state index in [1.807, 2.05) is 37.3 Å². The molecule has 8 heteroatoms. The van der Waals surface area contributed by atoms with Crippen molar-refractivity contribution in [1.82, 2.24) is 14.2 Å². The summed E-state index contributed by atoms with van der Waals surface area (Å²) in [7, 11) is -3.45. The first kappa shape index (κ1) is 20.8. The van der Waals surface area contributed by atoms with Gasteiger partial charge in [-0.15, -0.1) is 0 Å². The van der Waals surface area contributed by atoms with Gasteiger partial charge in [0.1, 0.15) is 4.90 Å². The largest absolute Gasteiger partial charge is 0.338 e. The predicted molar refractivity (Wildman–Crippen MR) is 110 cm³/mol. The van der Waals surface area contributed by atoms with E-state index in [2.05, 4.69) is 4.98 Å². The number of thioether (sulfide) groups is 1. The average molecular weight is 420 g/mol. The summed E-state index contributed by atoms with van der Waals surface area (Å²) in [6.07, 6.45) is 3.20. The van der Waals surface area contributed by atoms with Gasteiger partial charge in [0.2, 0.25) is 15.9 Å². The molecule has 150 valence electrons. The normalized spacial score (nSPS) is 14.9. The quantitative estimate of drug-likeness (QED) is 0.615. The zero-order valence-electron chi connectivity index (χ0n) is 16.0. The lowest BCUT2D eigenvalue weighted by atomic mass is 10.2. The van der Waals surface area contributed by atoms with Crippen molar-refractivity contribution < 1.29 is 13.2 Å². The molecule has 0 unspecified atom stereocenters. The van der Waals surface area contributed by atoms with Crippen molar-refractivity contribution in [3.63, 3.8) is 0 Å². The lowest BCUT2D eigenvalue weighted by Crippen LogP contribution is -2.31. The minimum absolute atomic E-state index is 0.0342. The fourth-order valence-electron chi connectivity index (χ4n) is 3.09. The van der Waals surface area contributed by atoms with E-state index < -0.39 is 10.0 Å². The summed E-state index contributed by atoms with van der Waals surface area (Å²) in [5.41, 5.74) is 1.09. The van der Waals surface area contributed by atoms with Crippen LogP contribution in [0.1, 0.15) is 25.3 Å². The second-order valence-corrected chi connectivity index (χ2v) is 9.56. The van der Waals surface area contributed by atoms with Crippen molar-refractivity contribution in [2.45, 2.75) is 36.2 Å². The van der Waals surface area contributed by atoms with Crippen LogP contribution in [-0.2, 0) is 21.4 Å². The second-order valence-electron chi connectivity index (χ2n) is 6.63. The molecule has 1 amide bonds. The van der Waals surface area contributed by atoms with Gasteiger partial charge in [-0.1, -0.05) is 42.1 Å². The van der Waals surface area contributed by atoms with Crippen LogP contribution in [0.25, 0.3) is 0 Å². The van der Waals surface area contributed by atoms with Gasteiger partial charge >= 0.3 is 0 Å². The maximum absolute atomic E-state index is 12.5. The van der Waals surface area contributed by atoms with Crippen LogP contribution >= 0.6 is 11.8 Å². The number of pyridine rings is 1. The monoisotopic (exact) mass is 419 g/mol. The van der Waals surface area contributed by atoms with Gasteiger partial charge < -0.3 is 4.90 Å². The van der Waals surface area contributed by atoms with E-state index in [-0.39, 0.29) is 16.6 Å². The second kappa shape index (κ2) is 9.54. The van der Waals surface area contributed by atoms with Crippen LogP contribution in [0.4, 0.5) is 0 Å². The Bertz CT molecular complexity index is 881. The highest BCUT2D eigenvalue weighted by atomic mass is 32.2. The predicted octanol–water partition coefficient (Wildman–Crippen LogP) is 3.01. The molecule has 0 atom stereocenters. The van der Waals surface area contributed by atoms with E-state index in [0.29, 0.717) is 31.2 Å². The third kappa shape index (κ3) is 5.12. The zero-order valence-corrected chi connectivity index (χ0v) is 17.6. The highest BCUT2D eigenvalue weighted by molar-refractivity contribution is 7.99. The van der Waals surface area contributed by atoms with Gasteiger partial charge in [0.05, 0.1) is 10.8 Å². The number of aromatic nitrogens is 1. The molecule has 2 aromatic rings. The molecule has 2 heterocycles. The van der Waals surface area contributed by atoms with Gasteiger partial charge in [0.15, 0.2) is 0 Å². The van der Waals surface area contributed by atoms with Crippen molar-refractivity contribution in [3.05, 3.63) is 54.2 Å². The van der Waals surface area contributed by atoms with Crippen LogP contribution in [0.5, 0.6) is 0 Å². The summed E-state index contributed by atoms with van der Waals surface area (Å²) in [4.78, 5) is 18.8. The molecule has 1 aliphatic heterocycles. The van der Waals surface area contributed by atoms with Gasteiger partial charge in [-0.05, 0) is 37.5 Å². The fourth-order valence-corrected chi connectivity index (χ4v) is 5.30. The average Bonchev–Trinajstić information content (AvgIpc) is 3.27.